The van der Waals surface area contributed by atoms with Gasteiger partial charge in [-0.1, -0.05) is 29.8 Å². The number of benzene rings is 3. The first-order valence-corrected chi connectivity index (χ1v) is 12.4. The molecule has 0 saturated heterocycles. The summed E-state index contributed by atoms with van der Waals surface area (Å²) in [5.41, 5.74) is 3.67. The van der Waals surface area contributed by atoms with Crippen molar-refractivity contribution in [2.24, 2.45) is 0 Å². The van der Waals surface area contributed by atoms with E-state index in [0.717, 1.165) is 11.1 Å². The third kappa shape index (κ3) is 4.95. The molecule has 0 atom stereocenters. The van der Waals surface area contributed by atoms with Crippen LogP contribution in [0, 0.1) is 12.7 Å². The van der Waals surface area contributed by atoms with Crippen LogP contribution in [0.15, 0.2) is 108 Å². The summed E-state index contributed by atoms with van der Waals surface area (Å²) in [5.74, 6) is 0.805. The van der Waals surface area contributed by atoms with Crippen LogP contribution in [0.25, 0.3) is 28.2 Å². The highest BCUT2D eigenvalue weighted by Crippen LogP contribution is 2.30. The van der Waals surface area contributed by atoms with Gasteiger partial charge in [-0.2, -0.15) is 0 Å². The molecule has 3 aromatic carbocycles. The third-order valence-electron chi connectivity index (χ3n) is 6.32. The average molecular weight is 532 g/mol. The van der Waals surface area contributed by atoms with Crippen LogP contribution in [0.3, 0.4) is 0 Å². The maximum absolute atomic E-state index is 13.3. The van der Waals surface area contributed by atoms with E-state index in [1.807, 2.05) is 31.2 Å². The Hall–Kier alpha value is -5.57. The molecule has 0 saturated carbocycles. The van der Waals surface area contributed by atoms with Gasteiger partial charge in [0.25, 0.3) is 11.5 Å². The van der Waals surface area contributed by atoms with Gasteiger partial charge in [-0.3, -0.25) is 14.2 Å². The summed E-state index contributed by atoms with van der Waals surface area (Å²) in [6.45, 7) is 2.03. The predicted molar refractivity (Wildman–Crippen MR) is 151 cm³/mol. The average Bonchev–Trinajstić information content (AvgIpc) is 3.41. The van der Waals surface area contributed by atoms with Crippen LogP contribution in [0.1, 0.15) is 15.9 Å². The van der Waals surface area contributed by atoms with E-state index in [2.05, 4.69) is 20.3 Å². The number of imidazole rings is 1. The van der Waals surface area contributed by atoms with Gasteiger partial charge in [-0.15, -0.1) is 0 Å². The molecular formula is C31H22FN5O3. The summed E-state index contributed by atoms with van der Waals surface area (Å²) in [6.07, 6.45) is 3.16. The quantitative estimate of drug-likeness (QED) is 0.264. The number of pyridine rings is 2. The first kappa shape index (κ1) is 24.7. The van der Waals surface area contributed by atoms with Crippen molar-refractivity contribution in [3.63, 3.8) is 0 Å². The molecule has 0 radical (unpaired) electrons. The van der Waals surface area contributed by atoms with E-state index in [9.17, 15) is 14.0 Å². The maximum atomic E-state index is 13.3. The van der Waals surface area contributed by atoms with Gasteiger partial charge < -0.3 is 15.0 Å². The summed E-state index contributed by atoms with van der Waals surface area (Å²) < 4.78 is 20.7. The molecule has 0 spiro atoms. The fourth-order valence-electron chi connectivity index (χ4n) is 4.22. The van der Waals surface area contributed by atoms with Crippen molar-refractivity contribution in [2.75, 3.05) is 5.32 Å². The molecule has 3 heterocycles. The summed E-state index contributed by atoms with van der Waals surface area (Å²) >= 11 is 0. The third-order valence-corrected chi connectivity index (χ3v) is 6.32. The number of rotatable bonds is 6. The summed E-state index contributed by atoms with van der Waals surface area (Å²) in [4.78, 5) is 38.1. The molecule has 0 bridgehead atoms. The minimum absolute atomic E-state index is 0.0463. The van der Waals surface area contributed by atoms with Crippen LogP contribution < -0.4 is 15.6 Å². The van der Waals surface area contributed by atoms with Crippen LogP contribution in [0.4, 0.5) is 10.1 Å². The number of amides is 1. The first-order chi connectivity index (χ1) is 19.4. The van der Waals surface area contributed by atoms with Crippen LogP contribution >= 0.6 is 0 Å². The number of hydrogen-bond acceptors (Lipinski definition) is 5. The Balaban J connectivity index is 1.19. The molecule has 3 aromatic heterocycles. The van der Waals surface area contributed by atoms with E-state index in [4.69, 9.17) is 4.74 Å². The summed E-state index contributed by atoms with van der Waals surface area (Å²) in [6, 6.07) is 25.0. The number of carbonyl (C=O) groups excluding carboxylic acids is 1. The molecule has 196 valence electrons. The summed E-state index contributed by atoms with van der Waals surface area (Å²) in [5, 5.41) is 2.74. The smallest absolute Gasteiger partial charge is 0.267 e. The second-order valence-corrected chi connectivity index (χ2v) is 9.11. The van der Waals surface area contributed by atoms with Crippen molar-refractivity contribution < 1.29 is 13.9 Å². The molecule has 2 N–H and O–H groups in total. The molecule has 0 aliphatic heterocycles. The van der Waals surface area contributed by atoms with Gasteiger partial charge >= 0.3 is 0 Å². The van der Waals surface area contributed by atoms with E-state index in [1.165, 1.54) is 41.1 Å². The van der Waals surface area contributed by atoms with E-state index < -0.39 is 17.3 Å². The Morgan fingerprint density at radius 2 is 1.70 bits per heavy atom. The number of aromatic amines is 1. The van der Waals surface area contributed by atoms with Crippen LogP contribution in [-0.4, -0.2) is 25.4 Å². The van der Waals surface area contributed by atoms with Gasteiger partial charge in [-0.25, -0.2) is 14.4 Å². The molecule has 9 heteroatoms. The Morgan fingerprint density at radius 3 is 2.45 bits per heavy atom. The van der Waals surface area contributed by atoms with Gasteiger partial charge in [-0.05, 0) is 67.6 Å². The Kier molecular flexibility index (Phi) is 6.37. The Labute approximate surface area is 227 Å². The van der Waals surface area contributed by atoms with Gasteiger partial charge in [0.15, 0.2) is 11.4 Å². The lowest BCUT2D eigenvalue weighted by Crippen LogP contribution is -2.27. The zero-order valence-electron chi connectivity index (χ0n) is 21.3. The number of anilines is 1. The lowest BCUT2D eigenvalue weighted by atomic mass is 10.1. The predicted octanol–water partition coefficient (Wildman–Crippen LogP) is 6.27. The number of nitrogens with zero attached hydrogens (tertiary/aromatic N) is 3. The molecule has 0 fully saturated rings. The number of aryl methyl sites for hydroxylation is 1. The van der Waals surface area contributed by atoms with Crippen LogP contribution in [-0.2, 0) is 0 Å². The molecular weight excluding hydrogens is 509 g/mol. The zero-order valence-corrected chi connectivity index (χ0v) is 21.3. The van der Waals surface area contributed by atoms with Crippen molar-refractivity contribution in [2.45, 2.75) is 6.92 Å². The lowest BCUT2D eigenvalue weighted by Gasteiger charge is -2.10. The lowest BCUT2D eigenvalue weighted by molar-refractivity contribution is 0.102. The van der Waals surface area contributed by atoms with Crippen molar-refractivity contribution in [1.29, 1.82) is 0 Å². The van der Waals surface area contributed by atoms with Gasteiger partial charge in [0.05, 0.1) is 0 Å². The largest absolute Gasteiger partial charge is 0.455 e. The van der Waals surface area contributed by atoms with Crippen LogP contribution in [0.2, 0.25) is 0 Å². The summed E-state index contributed by atoms with van der Waals surface area (Å²) in [7, 11) is 0. The molecule has 1 amide bonds. The van der Waals surface area contributed by atoms with E-state index in [0.29, 0.717) is 39.9 Å². The van der Waals surface area contributed by atoms with Crippen molar-refractivity contribution in [3.05, 3.63) is 131 Å². The monoisotopic (exact) mass is 531 g/mol. The molecule has 8 nitrogen and oxygen atoms in total. The Bertz CT molecular complexity index is 1890. The van der Waals surface area contributed by atoms with E-state index in [-0.39, 0.29) is 5.56 Å². The number of halogens is 1. The fourth-order valence-corrected chi connectivity index (χ4v) is 4.22. The highest BCUT2D eigenvalue weighted by atomic mass is 19.1. The number of aromatic nitrogens is 4. The number of H-pyrrole nitrogens is 1. The second kappa shape index (κ2) is 10.3. The fraction of sp³-hybridized carbons (Fsp3) is 0.0323. The van der Waals surface area contributed by atoms with Gasteiger partial charge in [0.2, 0.25) is 0 Å². The first-order valence-electron chi connectivity index (χ1n) is 12.4. The number of carbonyl (C=O) groups is 1. The van der Waals surface area contributed by atoms with Gasteiger partial charge in [0.1, 0.15) is 28.5 Å². The molecule has 6 rings (SSSR count). The minimum Gasteiger partial charge on any atom is -0.455 e. The van der Waals surface area contributed by atoms with E-state index >= 15 is 0 Å². The standard InChI is InChI=1S/C31H22FN5O3/c1-19-4-6-20(7-5-19)28-35-27-26(16-17-33-29(27)36-28)40-24-14-10-22(11-15-24)34-30(38)25-3-2-18-37(31(25)39)23-12-8-21(32)9-13-23/h2-18H,1H3,(H,34,38)(H,33,35,36). The highest BCUT2D eigenvalue weighted by molar-refractivity contribution is 6.04. The number of fused-ring (bicyclic) bond motifs is 1. The number of ether oxygens (including phenoxy) is 1. The molecule has 0 aliphatic rings. The minimum atomic E-state index is -0.563. The highest BCUT2D eigenvalue weighted by Gasteiger charge is 2.15. The number of nitrogens with one attached hydrogen (secondary N) is 2. The second-order valence-electron chi connectivity index (χ2n) is 9.11. The SMILES string of the molecule is Cc1ccc(-c2nc3nccc(Oc4ccc(NC(=O)c5cccn(-c6ccc(F)cc6)c5=O)cc4)c3[nH]2)cc1. The van der Waals surface area contributed by atoms with E-state index in [1.54, 1.807) is 42.6 Å². The molecule has 6 aromatic rings. The number of hydrogen-bond donors (Lipinski definition) is 2. The molecule has 0 unspecified atom stereocenters. The topological polar surface area (TPSA) is 102 Å². The molecule has 0 aliphatic carbocycles. The van der Waals surface area contributed by atoms with Crippen molar-refractivity contribution in [3.8, 4) is 28.6 Å². The van der Waals surface area contributed by atoms with Crippen molar-refractivity contribution in [1.82, 2.24) is 19.5 Å². The zero-order chi connectivity index (χ0) is 27.6. The Morgan fingerprint density at radius 1 is 0.950 bits per heavy atom. The van der Waals surface area contributed by atoms with Crippen molar-refractivity contribution >= 4 is 22.8 Å². The van der Waals surface area contributed by atoms with Gasteiger partial charge in [0, 0.05) is 35.4 Å². The molecule has 40 heavy (non-hydrogen) atoms. The maximum Gasteiger partial charge on any atom is 0.267 e. The normalized spacial score (nSPS) is 10.9. The van der Waals surface area contributed by atoms with Crippen LogP contribution in [0.5, 0.6) is 11.5 Å².